The Hall–Kier alpha value is -2.04. The molecule has 1 atom stereocenters. The summed E-state index contributed by atoms with van der Waals surface area (Å²) >= 11 is 0. The van der Waals surface area contributed by atoms with Gasteiger partial charge in [-0.25, -0.2) is 4.98 Å². The molecule has 5 heteroatoms. The highest BCUT2D eigenvalue weighted by molar-refractivity contribution is 5.80. The van der Waals surface area contributed by atoms with E-state index in [0.717, 1.165) is 29.2 Å². The maximum absolute atomic E-state index is 4.64. The quantitative estimate of drug-likeness (QED) is 0.662. The topological polar surface area (TPSA) is 54.2 Å². The molecule has 0 saturated heterocycles. The Labute approximate surface area is 120 Å². The zero-order chi connectivity index (χ0) is 14.5. The second-order valence-electron chi connectivity index (χ2n) is 4.96. The van der Waals surface area contributed by atoms with E-state index in [-0.39, 0.29) is 0 Å². The number of rotatable bonds is 4. The summed E-state index contributed by atoms with van der Waals surface area (Å²) in [7, 11) is 3.82. The zero-order valence-corrected chi connectivity index (χ0v) is 12.6. The van der Waals surface area contributed by atoms with Gasteiger partial charge in [0.15, 0.2) is 5.96 Å². The molecule has 0 fully saturated rings. The van der Waals surface area contributed by atoms with Crippen molar-refractivity contribution >= 4 is 17.0 Å². The SMILES string of the molecule is CCC(C)NC(=NC)NCc1nc2ccccc2n1C. The van der Waals surface area contributed by atoms with Crippen molar-refractivity contribution in [2.75, 3.05) is 7.05 Å². The van der Waals surface area contributed by atoms with Crippen LogP contribution in [0.1, 0.15) is 26.1 Å². The van der Waals surface area contributed by atoms with Gasteiger partial charge in [0.05, 0.1) is 17.6 Å². The first-order valence-electron chi connectivity index (χ1n) is 7.03. The van der Waals surface area contributed by atoms with Gasteiger partial charge in [0.2, 0.25) is 0 Å². The minimum absolute atomic E-state index is 0.404. The smallest absolute Gasteiger partial charge is 0.191 e. The predicted molar refractivity (Wildman–Crippen MR) is 83.8 cm³/mol. The molecule has 0 aliphatic carbocycles. The minimum atomic E-state index is 0.404. The molecule has 2 rings (SSSR count). The number of nitrogens with zero attached hydrogens (tertiary/aromatic N) is 3. The van der Waals surface area contributed by atoms with E-state index in [4.69, 9.17) is 0 Å². The number of fused-ring (bicyclic) bond motifs is 1. The summed E-state index contributed by atoms with van der Waals surface area (Å²) in [6.45, 7) is 4.94. The Bertz CT molecular complexity index is 599. The molecule has 20 heavy (non-hydrogen) atoms. The first kappa shape index (κ1) is 14.4. The van der Waals surface area contributed by atoms with Crippen molar-refractivity contribution in [3.63, 3.8) is 0 Å². The number of hydrogen-bond acceptors (Lipinski definition) is 2. The van der Waals surface area contributed by atoms with Crippen LogP contribution in [0.2, 0.25) is 0 Å². The van der Waals surface area contributed by atoms with E-state index >= 15 is 0 Å². The molecule has 1 heterocycles. The standard InChI is InChI=1S/C15H23N5/c1-5-11(2)18-15(16-3)17-10-14-19-12-8-6-7-9-13(12)20(14)4/h6-9,11H,5,10H2,1-4H3,(H2,16,17,18). The van der Waals surface area contributed by atoms with Crippen molar-refractivity contribution in [1.29, 1.82) is 0 Å². The predicted octanol–water partition coefficient (Wildman–Crippen LogP) is 2.04. The van der Waals surface area contributed by atoms with Gasteiger partial charge >= 0.3 is 0 Å². The third-order valence-corrected chi connectivity index (χ3v) is 3.51. The van der Waals surface area contributed by atoms with E-state index in [1.807, 2.05) is 25.2 Å². The molecule has 1 unspecified atom stereocenters. The minimum Gasteiger partial charge on any atom is -0.354 e. The summed E-state index contributed by atoms with van der Waals surface area (Å²) in [5.41, 5.74) is 2.17. The first-order chi connectivity index (χ1) is 9.65. The molecule has 0 radical (unpaired) electrons. The lowest BCUT2D eigenvalue weighted by Gasteiger charge is -2.16. The van der Waals surface area contributed by atoms with E-state index in [9.17, 15) is 0 Å². The van der Waals surface area contributed by atoms with Crippen LogP contribution in [-0.4, -0.2) is 28.6 Å². The van der Waals surface area contributed by atoms with Crippen molar-refractivity contribution in [2.45, 2.75) is 32.9 Å². The van der Waals surface area contributed by atoms with Gasteiger partial charge in [0, 0.05) is 20.1 Å². The van der Waals surface area contributed by atoms with E-state index in [1.54, 1.807) is 7.05 Å². The number of imidazole rings is 1. The van der Waals surface area contributed by atoms with Crippen LogP contribution in [0.3, 0.4) is 0 Å². The maximum Gasteiger partial charge on any atom is 0.191 e. The van der Waals surface area contributed by atoms with Crippen LogP contribution in [0.15, 0.2) is 29.3 Å². The lowest BCUT2D eigenvalue weighted by molar-refractivity contribution is 0.619. The molecule has 0 aliphatic heterocycles. The molecule has 1 aromatic heterocycles. The molecule has 2 N–H and O–H groups in total. The van der Waals surface area contributed by atoms with Gasteiger partial charge in [-0.2, -0.15) is 0 Å². The average Bonchev–Trinajstić information content (AvgIpc) is 2.80. The number of benzene rings is 1. The second kappa shape index (κ2) is 6.41. The van der Waals surface area contributed by atoms with Crippen LogP contribution in [0.25, 0.3) is 11.0 Å². The van der Waals surface area contributed by atoms with Crippen LogP contribution in [-0.2, 0) is 13.6 Å². The van der Waals surface area contributed by atoms with Crippen LogP contribution in [0.5, 0.6) is 0 Å². The highest BCUT2D eigenvalue weighted by Crippen LogP contribution is 2.13. The van der Waals surface area contributed by atoms with Gasteiger partial charge in [-0.15, -0.1) is 0 Å². The monoisotopic (exact) mass is 273 g/mol. The molecule has 108 valence electrons. The van der Waals surface area contributed by atoms with E-state index in [0.29, 0.717) is 12.6 Å². The summed E-state index contributed by atoms with van der Waals surface area (Å²) in [4.78, 5) is 8.87. The zero-order valence-electron chi connectivity index (χ0n) is 12.6. The number of para-hydroxylation sites is 2. The molecule has 2 aromatic rings. The molecular formula is C15H23N5. The number of guanidine groups is 1. The Kier molecular flexibility index (Phi) is 4.61. The lowest BCUT2D eigenvalue weighted by atomic mass is 10.3. The largest absolute Gasteiger partial charge is 0.354 e. The number of aliphatic imine (C=N–C) groups is 1. The summed E-state index contributed by atoms with van der Waals surface area (Å²) in [6.07, 6.45) is 1.06. The normalized spacial score (nSPS) is 13.5. The summed E-state index contributed by atoms with van der Waals surface area (Å²) in [5, 5.41) is 6.65. The van der Waals surface area contributed by atoms with E-state index in [2.05, 4.69) is 45.1 Å². The average molecular weight is 273 g/mol. The van der Waals surface area contributed by atoms with Crippen molar-refractivity contribution in [3.05, 3.63) is 30.1 Å². The highest BCUT2D eigenvalue weighted by atomic mass is 15.2. The molecule has 0 spiro atoms. The van der Waals surface area contributed by atoms with Gasteiger partial charge < -0.3 is 15.2 Å². The van der Waals surface area contributed by atoms with Gasteiger partial charge in [-0.05, 0) is 25.5 Å². The fourth-order valence-electron chi connectivity index (χ4n) is 2.05. The second-order valence-corrected chi connectivity index (χ2v) is 4.96. The molecular weight excluding hydrogens is 250 g/mol. The van der Waals surface area contributed by atoms with E-state index < -0.39 is 0 Å². The van der Waals surface area contributed by atoms with Crippen molar-refractivity contribution in [3.8, 4) is 0 Å². The summed E-state index contributed by atoms with van der Waals surface area (Å²) < 4.78 is 2.11. The summed E-state index contributed by atoms with van der Waals surface area (Å²) in [6, 6.07) is 8.56. The van der Waals surface area contributed by atoms with Gasteiger partial charge in [0.25, 0.3) is 0 Å². The number of nitrogens with one attached hydrogen (secondary N) is 2. The Balaban J connectivity index is 2.07. The van der Waals surface area contributed by atoms with Gasteiger partial charge in [-0.3, -0.25) is 4.99 Å². The fourth-order valence-corrected chi connectivity index (χ4v) is 2.05. The Morgan fingerprint density at radius 3 is 2.80 bits per heavy atom. The molecule has 0 amide bonds. The molecule has 0 aliphatic rings. The summed E-state index contributed by atoms with van der Waals surface area (Å²) in [5.74, 6) is 1.81. The van der Waals surface area contributed by atoms with Crippen molar-refractivity contribution < 1.29 is 0 Å². The van der Waals surface area contributed by atoms with Gasteiger partial charge in [0.1, 0.15) is 5.82 Å². The molecule has 0 bridgehead atoms. The Morgan fingerprint density at radius 2 is 2.15 bits per heavy atom. The number of hydrogen-bond donors (Lipinski definition) is 2. The first-order valence-corrected chi connectivity index (χ1v) is 7.03. The lowest BCUT2D eigenvalue weighted by Crippen LogP contribution is -2.41. The number of aryl methyl sites for hydroxylation is 1. The molecule has 1 aromatic carbocycles. The van der Waals surface area contributed by atoms with Gasteiger partial charge in [-0.1, -0.05) is 19.1 Å². The molecule has 0 saturated carbocycles. The third-order valence-electron chi connectivity index (χ3n) is 3.51. The van der Waals surface area contributed by atoms with Crippen LogP contribution in [0, 0.1) is 0 Å². The van der Waals surface area contributed by atoms with E-state index in [1.165, 1.54) is 0 Å². The highest BCUT2D eigenvalue weighted by Gasteiger charge is 2.08. The number of aromatic nitrogens is 2. The third kappa shape index (κ3) is 3.10. The Morgan fingerprint density at radius 1 is 1.40 bits per heavy atom. The maximum atomic E-state index is 4.64. The van der Waals surface area contributed by atoms with Crippen LogP contribution < -0.4 is 10.6 Å². The van der Waals surface area contributed by atoms with Crippen LogP contribution >= 0.6 is 0 Å². The fraction of sp³-hybridized carbons (Fsp3) is 0.467. The van der Waals surface area contributed by atoms with Crippen molar-refractivity contribution in [2.24, 2.45) is 12.0 Å². The van der Waals surface area contributed by atoms with Crippen molar-refractivity contribution in [1.82, 2.24) is 20.2 Å². The molecule has 5 nitrogen and oxygen atoms in total. The van der Waals surface area contributed by atoms with Crippen LogP contribution in [0.4, 0.5) is 0 Å².